The summed E-state index contributed by atoms with van der Waals surface area (Å²) >= 11 is 0. The van der Waals surface area contributed by atoms with Crippen molar-refractivity contribution in [2.45, 2.75) is 32.1 Å². The summed E-state index contributed by atoms with van der Waals surface area (Å²) in [6, 6.07) is 5.81. The lowest BCUT2D eigenvalue weighted by molar-refractivity contribution is 0.101. The van der Waals surface area contributed by atoms with E-state index >= 15 is 0 Å². The van der Waals surface area contributed by atoms with E-state index in [0.29, 0.717) is 5.92 Å². The van der Waals surface area contributed by atoms with Crippen molar-refractivity contribution in [3.63, 3.8) is 0 Å². The predicted molar refractivity (Wildman–Crippen MR) is 67.3 cm³/mol. The Balaban J connectivity index is 2.31. The van der Waals surface area contributed by atoms with E-state index in [-0.39, 0.29) is 5.78 Å². The number of nitrogens with zero attached hydrogens (tertiary/aromatic N) is 2. The minimum atomic E-state index is 0.129. The maximum Gasteiger partial charge on any atom is 0.160 e. The number of carbonyl (C=O) groups is 1. The highest BCUT2D eigenvalue weighted by molar-refractivity contribution is 6.07. The molecule has 0 saturated heterocycles. The summed E-state index contributed by atoms with van der Waals surface area (Å²) in [6.45, 7) is 1.63. The molecular formula is C14H16N2O. The molecule has 1 aliphatic carbocycles. The van der Waals surface area contributed by atoms with Gasteiger partial charge in [0.15, 0.2) is 5.78 Å². The van der Waals surface area contributed by atoms with E-state index in [0.717, 1.165) is 16.5 Å². The SMILES string of the molecule is CC(=O)c1cccc2nn(C)c(C3CCC3)c12. The zero-order valence-corrected chi connectivity index (χ0v) is 10.2. The molecule has 0 aliphatic heterocycles. The number of aryl methyl sites for hydroxylation is 1. The molecule has 0 unspecified atom stereocenters. The first-order valence-electron chi connectivity index (χ1n) is 6.15. The highest BCUT2D eigenvalue weighted by Crippen LogP contribution is 2.40. The maximum absolute atomic E-state index is 11.7. The van der Waals surface area contributed by atoms with Gasteiger partial charge in [0.1, 0.15) is 0 Å². The van der Waals surface area contributed by atoms with Gasteiger partial charge in [-0.25, -0.2) is 0 Å². The van der Waals surface area contributed by atoms with Gasteiger partial charge in [-0.15, -0.1) is 0 Å². The molecule has 88 valence electrons. The number of rotatable bonds is 2. The topological polar surface area (TPSA) is 34.9 Å². The summed E-state index contributed by atoms with van der Waals surface area (Å²) in [6.07, 6.45) is 3.74. The second-order valence-electron chi connectivity index (χ2n) is 4.89. The van der Waals surface area contributed by atoms with Gasteiger partial charge in [-0.3, -0.25) is 9.48 Å². The van der Waals surface area contributed by atoms with E-state index in [1.54, 1.807) is 6.92 Å². The Morgan fingerprint density at radius 3 is 2.76 bits per heavy atom. The number of carbonyl (C=O) groups excluding carboxylic acids is 1. The van der Waals surface area contributed by atoms with Gasteiger partial charge in [0.2, 0.25) is 0 Å². The van der Waals surface area contributed by atoms with Crippen LogP contribution >= 0.6 is 0 Å². The summed E-state index contributed by atoms with van der Waals surface area (Å²) < 4.78 is 1.96. The number of ketones is 1. The number of Topliss-reactive ketones (excluding diaryl/α,β-unsaturated/α-hetero) is 1. The Morgan fingerprint density at radius 1 is 1.41 bits per heavy atom. The first-order chi connectivity index (χ1) is 8.18. The molecule has 2 aromatic rings. The lowest BCUT2D eigenvalue weighted by atomic mass is 9.81. The van der Waals surface area contributed by atoms with Crippen LogP contribution in [-0.2, 0) is 7.05 Å². The van der Waals surface area contributed by atoms with Gasteiger partial charge in [0.25, 0.3) is 0 Å². The van der Waals surface area contributed by atoms with E-state index in [4.69, 9.17) is 0 Å². The molecule has 1 aliphatic rings. The van der Waals surface area contributed by atoms with E-state index in [1.807, 2.05) is 29.9 Å². The third-order valence-corrected chi connectivity index (χ3v) is 3.78. The molecule has 0 amide bonds. The first-order valence-corrected chi connectivity index (χ1v) is 6.15. The zero-order chi connectivity index (χ0) is 12.0. The zero-order valence-electron chi connectivity index (χ0n) is 10.2. The van der Waals surface area contributed by atoms with Crippen LogP contribution in [0.25, 0.3) is 10.9 Å². The van der Waals surface area contributed by atoms with Crippen molar-refractivity contribution in [2.75, 3.05) is 0 Å². The molecule has 1 aromatic carbocycles. The van der Waals surface area contributed by atoms with Gasteiger partial charge in [-0.1, -0.05) is 18.6 Å². The Bertz CT molecular complexity index is 594. The van der Waals surface area contributed by atoms with Crippen LogP contribution in [0.3, 0.4) is 0 Å². The van der Waals surface area contributed by atoms with Crippen molar-refractivity contribution >= 4 is 16.7 Å². The summed E-state index contributed by atoms with van der Waals surface area (Å²) in [7, 11) is 1.98. The quantitative estimate of drug-likeness (QED) is 0.740. The summed E-state index contributed by atoms with van der Waals surface area (Å²) in [5.74, 6) is 0.717. The van der Waals surface area contributed by atoms with Crippen molar-refractivity contribution in [1.82, 2.24) is 9.78 Å². The van der Waals surface area contributed by atoms with Crippen LogP contribution in [0.4, 0.5) is 0 Å². The van der Waals surface area contributed by atoms with E-state index in [1.165, 1.54) is 25.0 Å². The maximum atomic E-state index is 11.7. The second-order valence-corrected chi connectivity index (χ2v) is 4.89. The van der Waals surface area contributed by atoms with Crippen LogP contribution in [0.5, 0.6) is 0 Å². The molecule has 0 atom stereocenters. The molecule has 1 fully saturated rings. The van der Waals surface area contributed by atoms with Gasteiger partial charge in [0, 0.05) is 29.6 Å². The molecule has 0 N–H and O–H groups in total. The summed E-state index contributed by atoms with van der Waals surface area (Å²) in [4.78, 5) is 11.7. The molecule has 3 nitrogen and oxygen atoms in total. The second kappa shape index (κ2) is 3.69. The number of aromatic nitrogens is 2. The third kappa shape index (κ3) is 1.49. The van der Waals surface area contributed by atoms with Crippen LogP contribution in [0.15, 0.2) is 18.2 Å². The minimum Gasteiger partial charge on any atom is -0.294 e. The van der Waals surface area contributed by atoms with Gasteiger partial charge in [-0.05, 0) is 25.8 Å². The van der Waals surface area contributed by atoms with E-state index in [2.05, 4.69) is 5.10 Å². The van der Waals surface area contributed by atoms with Crippen LogP contribution in [-0.4, -0.2) is 15.6 Å². The standard InChI is InChI=1S/C14H16N2O/c1-9(17)11-7-4-8-12-13(11)14(16(2)15-12)10-5-3-6-10/h4,7-8,10H,3,5-6H2,1-2H3. The average molecular weight is 228 g/mol. The highest BCUT2D eigenvalue weighted by atomic mass is 16.1. The monoisotopic (exact) mass is 228 g/mol. The highest BCUT2D eigenvalue weighted by Gasteiger charge is 2.26. The van der Waals surface area contributed by atoms with E-state index in [9.17, 15) is 4.79 Å². The Labute approximate surface area is 100 Å². The molecule has 0 bridgehead atoms. The third-order valence-electron chi connectivity index (χ3n) is 3.78. The minimum absolute atomic E-state index is 0.129. The molecule has 1 heterocycles. The van der Waals surface area contributed by atoms with Crippen molar-refractivity contribution in [1.29, 1.82) is 0 Å². The van der Waals surface area contributed by atoms with Gasteiger partial charge in [0.05, 0.1) is 5.52 Å². The largest absolute Gasteiger partial charge is 0.294 e. The van der Waals surface area contributed by atoms with Crippen LogP contribution in [0.1, 0.15) is 48.2 Å². The van der Waals surface area contributed by atoms with E-state index < -0.39 is 0 Å². The molecule has 1 saturated carbocycles. The molecule has 3 rings (SSSR count). The van der Waals surface area contributed by atoms with Crippen molar-refractivity contribution in [3.8, 4) is 0 Å². The summed E-state index contributed by atoms with van der Waals surface area (Å²) in [5, 5.41) is 5.60. The number of hydrogen-bond acceptors (Lipinski definition) is 2. The van der Waals surface area contributed by atoms with Crippen LogP contribution in [0.2, 0.25) is 0 Å². The average Bonchev–Trinajstić information content (AvgIpc) is 2.53. The predicted octanol–water partition coefficient (Wildman–Crippen LogP) is 3.04. The molecule has 3 heteroatoms. The molecule has 17 heavy (non-hydrogen) atoms. The molecular weight excluding hydrogens is 212 g/mol. The summed E-state index contributed by atoms with van der Waals surface area (Å²) in [5.41, 5.74) is 3.01. The fraction of sp³-hybridized carbons (Fsp3) is 0.429. The van der Waals surface area contributed by atoms with Gasteiger partial charge in [-0.2, -0.15) is 5.10 Å². The van der Waals surface area contributed by atoms with Crippen molar-refractivity contribution < 1.29 is 4.79 Å². The Morgan fingerprint density at radius 2 is 2.18 bits per heavy atom. The number of benzene rings is 1. The normalized spacial score (nSPS) is 16.1. The van der Waals surface area contributed by atoms with Crippen LogP contribution in [0, 0.1) is 0 Å². The lowest BCUT2D eigenvalue weighted by Crippen LogP contribution is -2.14. The molecule has 0 radical (unpaired) electrons. The first kappa shape index (κ1) is 10.5. The fourth-order valence-electron chi connectivity index (χ4n) is 2.71. The molecule has 0 spiro atoms. The molecule has 1 aromatic heterocycles. The smallest absolute Gasteiger partial charge is 0.160 e. The fourth-order valence-corrected chi connectivity index (χ4v) is 2.71. The number of hydrogen-bond donors (Lipinski definition) is 0. The number of fused-ring (bicyclic) bond motifs is 1. The lowest BCUT2D eigenvalue weighted by Gasteiger charge is -2.26. The van der Waals surface area contributed by atoms with Crippen molar-refractivity contribution in [3.05, 3.63) is 29.5 Å². The Hall–Kier alpha value is -1.64. The van der Waals surface area contributed by atoms with Crippen molar-refractivity contribution in [2.24, 2.45) is 7.05 Å². The van der Waals surface area contributed by atoms with Gasteiger partial charge >= 0.3 is 0 Å². The Kier molecular flexibility index (Phi) is 2.28. The van der Waals surface area contributed by atoms with Crippen LogP contribution < -0.4 is 0 Å². The van der Waals surface area contributed by atoms with Gasteiger partial charge < -0.3 is 0 Å².